The van der Waals surface area contributed by atoms with Crippen LogP contribution in [0, 0.1) is 0 Å². The number of thiophene rings is 1. The van der Waals surface area contributed by atoms with Gasteiger partial charge in [0.25, 0.3) is 5.91 Å². The van der Waals surface area contributed by atoms with Gasteiger partial charge in [0.2, 0.25) is 0 Å². The van der Waals surface area contributed by atoms with Crippen LogP contribution in [0.4, 0.5) is 0 Å². The van der Waals surface area contributed by atoms with E-state index in [-0.39, 0.29) is 5.91 Å². The highest BCUT2D eigenvalue weighted by atomic mass is 32.1. The van der Waals surface area contributed by atoms with Crippen molar-refractivity contribution < 1.29 is 14.7 Å². The second kappa shape index (κ2) is 8.59. The van der Waals surface area contributed by atoms with E-state index in [1.165, 1.54) is 17.4 Å². The highest BCUT2D eigenvalue weighted by molar-refractivity contribution is 7.14. The molecule has 5 nitrogen and oxygen atoms in total. The van der Waals surface area contributed by atoms with Crippen molar-refractivity contribution in [3.05, 3.63) is 28.0 Å². The molecule has 0 fully saturated rings. The van der Waals surface area contributed by atoms with E-state index >= 15 is 0 Å². The Morgan fingerprint density at radius 1 is 1.43 bits per heavy atom. The fraction of sp³-hybridized carbons (Fsp3) is 0.467. The molecule has 1 amide bonds. The summed E-state index contributed by atoms with van der Waals surface area (Å²) in [5.41, 5.74) is 0. The van der Waals surface area contributed by atoms with Crippen molar-refractivity contribution in [3.63, 3.8) is 0 Å². The summed E-state index contributed by atoms with van der Waals surface area (Å²) in [6, 6.07) is 3.95. The lowest BCUT2D eigenvalue weighted by Crippen LogP contribution is -2.31. The first-order chi connectivity index (χ1) is 9.90. The quantitative estimate of drug-likeness (QED) is 0.571. The maximum absolute atomic E-state index is 11.9. The molecule has 1 heterocycles. The molecule has 21 heavy (non-hydrogen) atoms. The largest absolute Gasteiger partial charge is 0.478 e. The van der Waals surface area contributed by atoms with Crippen LogP contribution in [0.25, 0.3) is 6.08 Å². The summed E-state index contributed by atoms with van der Waals surface area (Å²) >= 11 is 1.28. The van der Waals surface area contributed by atoms with Gasteiger partial charge < -0.3 is 15.3 Å². The maximum atomic E-state index is 11.9. The summed E-state index contributed by atoms with van der Waals surface area (Å²) in [6.07, 6.45) is 3.45. The lowest BCUT2D eigenvalue weighted by Gasteiger charge is -2.20. The number of nitrogens with zero attached hydrogens (tertiary/aromatic N) is 1. The molecule has 0 aliphatic rings. The Kier molecular flexibility index (Phi) is 7.11. The van der Waals surface area contributed by atoms with Gasteiger partial charge in [-0.2, -0.15) is 0 Å². The third-order valence-electron chi connectivity index (χ3n) is 3.10. The lowest BCUT2D eigenvalue weighted by atomic mass is 10.3. The van der Waals surface area contributed by atoms with E-state index in [4.69, 9.17) is 5.11 Å². The van der Waals surface area contributed by atoms with Gasteiger partial charge in [-0.3, -0.25) is 4.79 Å². The van der Waals surface area contributed by atoms with Crippen molar-refractivity contribution in [3.8, 4) is 0 Å². The van der Waals surface area contributed by atoms with Crippen LogP contribution >= 0.6 is 11.3 Å². The van der Waals surface area contributed by atoms with Gasteiger partial charge in [0.05, 0.1) is 4.88 Å². The zero-order valence-electron chi connectivity index (χ0n) is 12.6. The molecule has 1 rings (SSSR count). The molecule has 0 aliphatic heterocycles. The molecule has 0 unspecified atom stereocenters. The van der Waals surface area contributed by atoms with Gasteiger partial charge in [0, 0.05) is 23.5 Å². The van der Waals surface area contributed by atoms with Gasteiger partial charge in [-0.05, 0) is 52.1 Å². The van der Waals surface area contributed by atoms with Crippen molar-refractivity contribution >= 4 is 29.3 Å². The smallest absolute Gasteiger partial charge is 0.328 e. The van der Waals surface area contributed by atoms with Crippen molar-refractivity contribution in [2.75, 3.05) is 20.1 Å². The van der Waals surface area contributed by atoms with E-state index in [9.17, 15) is 9.59 Å². The Morgan fingerprint density at radius 2 is 2.14 bits per heavy atom. The third kappa shape index (κ3) is 6.55. The van der Waals surface area contributed by atoms with Gasteiger partial charge in [-0.1, -0.05) is 0 Å². The zero-order valence-corrected chi connectivity index (χ0v) is 13.4. The van der Waals surface area contributed by atoms with E-state index in [1.807, 2.05) is 0 Å². The van der Waals surface area contributed by atoms with Crippen molar-refractivity contribution in [2.24, 2.45) is 0 Å². The van der Waals surface area contributed by atoms with Crippen LogP contribution in [0.1, 0.15) is 34.8 Å². The molecular formula is C15H22N2O3S. The number of hydrogen-bond acceptors (Lipinski definition) is 4. The fourth-order valence-corrected chi connectivity index (χ4v) is 2.42. The van der Waals surface area contributed by atoms with E-state index < -0.39 is 5.97 Å². The van der Waals surface area contributed by atoms with E-state index in [0.717, 1.165) is 23.9 Å². The summed E-state index contributed by atoms with van der Waals surface area (Å²) < 4.78 is 0. The van der Waals surface area contributed by atoms with E-state index in [0.29, 0.717) is 17.5 Å². The first-order valence-corrected chi connectivity index (χ1v) is 7.71. The van der Waals surface area contributed by atoms with Crippen LogP contribution in [-0.2, 0) is 4.79 Å². The molecule has 0 radical (unpaired) electrons. The van der Waals surface area contributed by atoms with Gasteiger partial charge in [-0.15, -0.1) is 11.3 Å². The molecule has 0 aromatic carbocycles. The average Bonchev–Trinajstić information content (AvgIpc) is 2.89. The minimum absolute atomic E-state index is 0.109. The number of aliphatic carboxylic acids is 1. The Balaban J connectivity index is 2.37. The number of carbonyl (C=O) groups is 2. The average molecular weight is 310 g/mol. The minimum atomic E-state index is -0.997. The van der Waals surface area contributed by atoms with Crippen molar-refractivity contribution in [1.82, 2.24) is 10.2 Å². The van der Waals surface area contributed by atoms with E-state index in [1.54, 1.807) is 12.1 Å². The normalized spacial score (nSPS) is 11.5. The Morgan fingerprint density at radius 3 is 2.76 bits per heavy atom. The van der Waals surface area contributed by atoms with Crippen LogP contribution < -0.4 is 5.32 Å². The van der Waals surface area contributed by atoms with Gasteiger partial charge >= 0.3 is 5.97 Å². The highest BCUT2D eigenvalue weighted by Crippen LogP contribution is 2.17. The summed E-state index contributed by atoms with van der Waals surface area (Å²) in [5.74, 6) is -1.11. The third-order valence-corrected chi connectivity index (χ3v) is 4.14. The number of carboxylic acids is 1. The lowest BCUT2D eigenvalue weighted by molar-refractivity contribution is -0.131. The molecule has 6 heteroatoms. The molecule has 0 saturated heterocycles. The number of amides is 1. The van der Waals surface area contributed by atoms with Gasteiger partial charge in [0.15, 0.2) is 0 Å². The summed E-state index contributed by atoms with van der Waals surface area (Å²) in [7, 11) is 2.06. The summed E-state index contributed by atoms with van der Waals surface area (Å²) in [6.45, 7) is 5.84. The van der Waals surface area contributed by atoms with Gasteiger partial charge in [-0.25, -0.2) is 4.79 Å². The van der Waals surface area contributed by atoms with E-state index in [2.05, 4.69) is 31.1 Å². The molecule has 2 N–H and O–H groups in total. The number of carboxylic acid groups (broad SMARTS) is 1. The first-order valence-electron chi connectivity index (χ1n) is 6.89. The first kappa shape index (κ1) is 17.4. The topological polar surface area (TPSA) is 69.6 Å². The number of rotatable bonds is 8. The molecular weight excluding hydrogens is 288 g/mol. The van der Waals surface area contributed by atoms with Crippen LogP contribution in [-0.4, -0.2) is 48.1 Å². The minimum Gasteiger partial charge on any atom is -0.478 e. The SMILES string of the molecule is CC(C)N(C)CCCNC(=O)c1ccc(/C=C/C(=O)O)s1. The number of nitrogens with one attached hydrogen (secondary N) is 1. The second-order valence-corrected chi connectivity index (χ2v) is 6.17. The Bertz CT molecular complexity index is 509. The number of hydrogen-bond donors (Lipinski definition) is 2. The molecule has 0 spiro atoms. The molecule has 0 aliphatic carbocycles. The number of carbonyl (C=O) groups excluding carboxylic acids is 1. The molecule has 116 valence electrons. The monoisotopic (exact) mass is 310 g/mol. The molecule has 0 atom stereocenters. The van der Waals surface area contributed by atoms with Crippen LogP contribution in [0.15, 0.2) is 18.2 Å². The zero-order chi connectivity index (χ0) is 15.8. The summed E-state index contributed by atoms with van der Waals surface area (Å²) in [4.78, 5) is 25.9. The molecule has 1 aromatic rings. The summed E-state index contributed by atoms with van der Waals surface area (Å²) in [5, 5.41) is 11.4. The predicted octanol–water partition coefficient (Wildman–Crippen LogP) is 2.31. The van der Waals surface area contributed by atoms with Gasteiger partial charge in [0.1, 0.15) is 0 Å². The fourth-order valence-electron chi connectivity index (χ4n) is 1.59. The standard InChI is InChI=1S/C15H22N2O3S/c1-11(2)17(3)10-4-9-16-15(20)13-7-5-12(21-13)6-8-14(18)19/h5-8,11H,4,9-10H2,1-3H3,(H,16,20)(H,18,19)/b8-6+. The van der Waals surface area contributed by atoms with Crippen LogP contribution in [0.3, 0.4) is 0 Å². The second-order valence-electron chi connectivity index (χ2n) is 5.06. The molecule has 0 saturated carbocycles. The predicted molar refractivity (Wildman–Crippen MR) is 85.7 cm³/mol. The van der Waals surface area contributed by atoms with Crippen LogP contribution in [0.5, 0.6) is 0 Å². The highest BCUT2D eigenvalue weighted by Gasteiger charge is 2.08. The Hall–Kier alpha value is -1.66. The van der Waals surface area contributed by atoms with Crippen molar-refractivity contribution in [2.45, 2.75) is 26.3 Å². The van der Waals surface area contributed by atoms with Crippen LogP contribution in [0.2, 0.25) is 0 Å². The molecule has 0 bridgehead atoms. The molecule has 1 aromatic heterocycles. The van der Waals surface area contributed by atoms with Crippen molar-refractivity contribution in [1.29, 1.82) is 0 Å². The maximum Gasteiger partial charge on any atom is 0.328 e. The Labute approximate surface area is 129 Å².